The van der Waals surface area contributed by atoms with Crippen LogP contribution in [0, 0.1) is 6.92 Å². The van der Waals surface area contributed by atoms with Crippen LogP contribution in [0.25, 0.3) is 10.9 Å². The summed E-state index contributed by atoms with van der Waals surface area (Å²) >= 11 is 0. The van der Waals surface area contributed by atoms with Crippen LogP contribution in [-0.4, -0.2) is 15.2 Å². The van der Waals surface area contributed by atoms with Crippen molar-refractivity contribution in [1.82, 2.24) is 15.2 Å². The Morgan fingerprint density at radius 2 is 2.00 bits per heavy atom. The zero-order valence-corrected chi connectivity index (χ0v) is 10.7. The second-order valence-corrected chi connectivity index (χ2v) is 4.43. The van der Waals surface area contributed by atoms with Crippen LogP contribution in [0.1, 0.15) is 11.1 Å². The van der Waals surface area contributed by atoms with Gasteiger partial charge >= 0.3 is 0 Å². The summed E-state index contributed by atoms with van der Waals surface area (Å²) in [6.07, 6.45) is 5.45. The second kappa shape index (κ2) is 5.02. The number of hydrogen-bond donors (Lipinski definition) is 1. The van der Waals surface area contributed by atoms with Crippen molar-refractivity contribution < 1.29 is 0 Å². The van der Waals surface area contributed by atoms with E-state index in [0.717, 1.165) is 23.1 Å². The fourth-order valence-corrected chi connectivity index (χ4v) is 2.04. The first-order valence-corrected chi connectivity index (χ1v) is 6.18. The topological polar surface area (TPSA) is 50.7 Å². The lowest BCUT2D eigenvalue weighted by Crippen LogP contribution is -2.03. The van der Waals surface area contributed by atoms with Crippen LogP contribution in [0.15, 0.2) is 48.9 Å². The van der Waals surface area contributed by atoms with Gasteiger partial charge in [-0.3, -0.25) is 4.98 Å². The average Bonchev–Trinajstić information content (AvgIpc) is 2.46. The van der Waals surface area contributed by atoms with Crippen molar-refractivity contribution in [2.24, 2.45) is 0 Å². The lowest BCUT2D eigenvalue weighted by molar-refractivity contribution is 1.05. The third-order valence-electron chi connectivity index (χ3n) is 3.15. The summed E-state index contributed by atoms with van der Waals surface area (Å²) in [5.74, 6) is 0. The maximum Gasteiger partial charge on any atom is 0.0950 e. The zero-order chi connectivity index (χ0) is 13.1. The molecule has 94 valence electrons. The normalized spacial score (nSPS) is 10.6. The molecular weight excluding hydrogens is 236 g/mol. The average molecular weight is 250 g/mol. The molecule has 0 unspecified atom stereocenters. The lowest BCUT2D eigenvalue weighted by atomic mass is 10.1. The quantitative estimate of drug-likeness (QED) is 0.776. The van der Waals surface area contributed by atoms with E-state index in [2.05, 4.69) is 27.4 Å². The Morgan fingerprint density at radius 1 is 1.11 bits per heavy atom. The highest BCUT2D eigenvalue weighted by Gasteiger charge is 2.03. The number of benzene rings is 1. The van der Waals surface area contributed by atoms with E-state index in [-0.39, 0.29) is 0 Å². The predicted molar refractivity (Wildman–Crippen MR) is 75.8 cm³/mol. The molecule has 0 aliphatic rings. The molecule has 0 saturated heterocycles. The molecule has 4 nitrogen and oxygen atoms in total. The SMILES string of the molecule is Cc1cnccc1CNc1cnnc2ccccc12. The minimum Gasteiger partial charge on any atom is -0.379 e. The van der Waals surface area contributed by atoms with Gasteiger partial charge in [0.2, 0.25) is 0 Å². The molecule has 0 radical (unpaired) electrons. The molecule has 0 saturated carbocycles. The van der Waals surface area contributed by atoms with Gasteiger partial charge in [-0.05, 0) is 30.2 Å². The van der Waals surface area contributed by atoms with Gasteiger partial charge in [-0.2, -0.15) is 10.2 Å². The highest BCUT2D eigenvalue weighted by molar-refractivity contribution is 5.90. The van der Waals surface area contributed by atoms with Crippen LogP contribution >= 0.6 is 0 Å². The van der Waals surface area contributed by atoms with Crippen molar-refractivity contribution in [3.63, 3.8) is 0 Å². The highest BCUT2D eigenvalue weighted by Crippen LogP contribution is 2.20. The van der Waals surface area contributed by atoms with E-state index in [9.17, 15) is 0 Å². The Kier molecular flexibility index (Phi) is 3.06. The van der Waals surface area contributed by atoms with Crippen LogP contribution in [0.2, 0.25) is 0 Å². The molecule has 4 heteroatoms. The van der Waals surface area contributed by atoms with Gasteiger partial charge in [0.1, 0.15) is 0 Å². The number of hydrogen-bond acceptors (Lipinski definition) is 4. The van der Waals surface area contributed by atoms with Crippen molar-refractivity contribution in [2.45, 2.75) is 13.5 Å². The van der Waals surface area contributed by atoms with Gasteiger partial charge < -0.3 is 5.32 Å². The Balaban J connectivity index is 1.88. The van der Waals surface area contributed by atoms with Gasteiger partial charge in [0, 0.05) is 24.3 Å². The van der Waals surface area contributed by atoms with Crippen LogP contribution in [-0.2, 0) is 6.54 Å². The molecule has 3 rings (SSSR count). The molecule has 1 N–H and O–H groups in total. The first-order valence-electron chi connectivity index (χ1n) is 6.18. The summed E-state index contributed by atoms with van der Waals surface area (Å²) < 4.78 is 0. The molecule has 2 aromatic heterocycles. The third kappa shape index (κ3) is 2.38. The minimum absolute atomic E-state index is 0.754. The first-order chi connectivity index (χ1) is 9.34. The summed E-state index contributed by atoms with van der Waals surface area (Å²) in [6.45, 7) is 2.82. The van der Waals surface area contributed by atoms with E-state index in [4.69, 9.17) is 0 Å². The molecule has 0 aliphatic heterocycles. The third-order valence-corrected chi connectivity index (χ3v) is 3.15. The molecular formula is C15H14N4. The summed E-state index contributed by atoms with van der Waals surface area (Å²) in [7, 11) is 0. The fourth-order valence-electron chi connectivity index (χ4n) is 2.04. The Morgan fingerprint density at radius 3 is 2.89 bits per heavy atom. The van der Waals surface area contributed by atoms with E-state index in [1.54, 1.807) is 6.20 Å². The van der Waals surface area contributed by atoms with E-state index in [1.165, 1.54) is 11.1 Å². The van der Waals surface area contributed by atoms with Crippen LogP contribution in [0.3, 0.4) is 0 Å². The number of anilines is 1. The maximum atomic E-state index is 4.11. The van der Waals surface area contributed by atoms with Crippen molar-refractivity contribution >= 4 is 16.6 Å². The Bertz CT molecular complexity index is 704. The molecule has 19 heavy (non-hydrogen) atoms. The highest BCUT2D eigenvalue weighted by atomic mass is 15.1. The van der Waals surface area contributed by atoms with Crippen LogP contribution in [0.4, 0.5) is 5.69 Å². The monoisotopic (exact) mass is 250 g/mol. The standard InChI is InChI=1S/C15H14N4/c1-11-8-16-7-6-12(11)9-17-15-10-18-19-14-5-3-2-4-13(14)15/h2-8,10H,9H2,1H3,(H,17,19). The van der Waals surface area contributed by atoms with Gasteiger partial charge in [-0.1, -0.05) is 18.2 Å². The number of nitrogens with one attached hydrogen (secondary N) is 1. The molecule has 0 atom stereocenters. The van der Waals surface area contributed by atoms with Gasteiger partial charge in [0.05, 0.1) is 17.4 Å². The number of rotatable bonds is 3. The molecule has 0 spiro atoms. The van der Waals surface area contributed by atoms with Gasteiger partial charge in [0.15, 0.2) is 0 Å². The van der Waals surface area contributed by atoms with Crippen LogP contribution in [0.5, 0.6) is 0 Å². The van der Waals surface area contributed by atoms with E-state index in [1.807, 2.05) is 42.7 Å². The van der Waals surface area contributed by atoms with E-state index in [0.29, 0.717) is 0 Å². The largest absolute Gasteiger partial charge is 0.379 e. The van der Waals surface area contributed by atoms with E-state index >= 15 is 0 Å². The van der Waals surface area contributed by atoms with Crippen molar-refractivity contribution in [2.75, 3.05) is 5.32 Å². The number of nitrogens with zero attached hydrogens (tertiary/aromatic N) is 3. The Hall–Kier alpha value is -2.49. The zero-order valence-electron chi connectivity index (χ0n) is 10.7. The van der Waals surface area contributed by atoms with Crippen LogP contribution < -0.4 is 5.32 Å². The summed E-state index contributed by atoms with van der Waals surface area (Å²) in [4.78, 5) is 4.10. The first kappa shape index (κ1) is 11.6. The summed E-state index contributed by atoms with van der Waals surface area (Å²) in [5, 5.41) is 12.6. The van der Waals surface area contributed by atoms with Gasteiger partial charge in [0.25, 0.3) is 0 Å². The van der Waals surface area contributed by atoms with Crippen molar-refractivity contribution in [3.8, 4) is 0 Å². The van der Waals surface area contributed by atoms with Crippen molar-refractivity contribution in [3.05, 3.63) is 60.0 Å². The predicted octanol–water partition coefficient (Wildman–Crippen LogP) is 2.95. The Labute approximate surface area is 111 Å². The molecule has 0 fully saturated rings. The second-order valence-electron chi connectivity index (χ2n) is 4.43. The van der Waals surface area contributed by atoms with Gasteiger partial charge in [-0.15, -0.1) is 0 Å². The molecule has 0 aliphatic carbocycles. The molecule has 0 bridgehead atoms. The molecule has 2 heterocycles. The number of aromatic nitrogens is 3. The number of pyridine rings is 1. The van der Waals surface area contributed by atoms with Crippen molar-refractivity contribution in [1.29, 1.82) is 0 Å². The van der Waals surface area contributed by atoms with Gasteiger partial charge in [-0.25, -0.2) is 0 Å². The maximum absolute atomic E-state index is 4.11. The minimum atomic E-state index is 0.754. The van der Waals surface area contributed by atoms with E-state index < -0.39 is 0 Å². The molecule has 0 amide bonds. The molecule has 1 aromatic carbocycles. The number of fused-ring (bicyclic) bond motifs is 1. The molecule has 3 aromatic rings. The number of aryl methyl sites for hydroxylation is 1. The fraction of sp³-hybridized carbons (Fsp3) is 0.133. The lowest BCUT2D eigenvalue weighted by Gasteiger charge is -2.10. The smallest absolute Gasteiger partial charge is 0.0950 e. The summed E-state index contributed by atoms with van der Waals surface area (Å²) in [5.41, 5.74) is 4.32. The summed E-state index contributed by atoms with van der Waals surface area (Å²) in [6, 6.07) is 10.0.